The lowest BCUT2D eigenvalue weighted by Crippen LogP contribution is -2.13. The highest BCUT2D eigenvalue weighted by Gasteiger charge is 2.14. The van der Waals surface area contributed by atoms with E-state index < -0.39 is 4.92 Å². The zero-order valence-electron chi connectivity index (χ0n) is 18.3. The summed E-state index contributed by atoms with van der Waals surface area (Å²) in [5.41, 5.74) is 2.49. The van der Waals surface area contributed by atoms with Crippen LogP contribution >= 0.6 is 0 Å². The minimum absolute atomic E-state index is 0.0904. The fourth-order valence-corrected chi connectivity index (χ4v) is 3.27. The number of nitrogens with one attached hydrogen (secondary N) is 1. The summed E-state index contributed by atoms with van der Waals surface area (Å²) in [6.07, 6.45) is 0. The predicted molar refractivity (Wildman–Crippen MR) is 124 cm³/mol. The van der Waals surface area contributed by atoms with E-state index in [9.17, 15) is 14.9 Å². The van der Waals surface area contributed by atoms with Crippen LogP contribution in [0, 0.1) is 10.1 Å². The van der Waals surface area contributed by atoms with E-state index in [-0.39, 0.29) is 18.2 Å². The van der Waals surface area contributed by atoms with Crippen molar-refractivity contribution in [1.82, 2.24) is 0 Å². The van der Waals surface area contributed by atoms with Gasteiger partial charge in [-0.05, 0) is 48.7 Å². The van der Waals surface area contributed by atoms with Gasteiger partial charge in [0, 0.05) is 28.9 Å². The Labute approximate surface area is 187 Å². The van der Waals surface area contributed by atoms with Crippen molar-refractivity contribution >= 4 is 17.3 Å². The Balaban J connectivity index is 1.82. The highest BCUT2D eigenvalue weighted by atomic mass is 16.6. The molecule has 1 amide bonds. The summed E-state index contributed by atoms with van der Waals surface area (Å²) in [6, 6.07) is 18.8. The van der Waals surface area contributed by atoms with Crippen molar-refractivity contribution in [2.75, 3.05) is 11.9 Å². The van der Waals surface area contributed by atoms with Gasteiger partial charge in [-0.25, -0.2) is 0 Å². The minimum atomic E-state index is -0.503. The molecule has 0 heterocycles. The molecule has 3 rings (SSSR count). The van der Waals surface area contributed by atoms with E-state index in [1.165, 1.54) is 18.2 Å². The first-order valence-corrected chi connectivity index (χ1v) is 10.4. The van der Waals surface area contributed by atoms with E-state index in [4.69, 9.17) is 9.47 Å². The van der Waals surface area contributed by atoms with Crippen molar-refractivity contribution < 1.29 is 19.2 Å². The molecule has 7 heteroatoms. The van der Waals surface area contributed by atoms with Gasteiger partial charge in [0.2, 0.25) is 0 Å². The predicted octanol–water partition coefficient (Wildman–Crippen LogP) is 5.95. The number of hydrogen-bond donors (Lipinski definition) is 1. The van der Waals surface area contributed by atoms with Gasteiger partial charge in [-0.15, -0.1) is 0 Å². The maximum absolute atomic E-state index is 12.8. The summed E-state index contributed by atoms with van der Waals surface area (Å²) < 4.78 is 11.8. The van der Waals surface area contributed by atoms with Gasteiger partial charge in [-0.1, -0.05) is 38.1 Å². The lowest BCUT2D eigenvalue weighted by Gasteiger charge is -2.16. The lowest BCUT2D eigenvalue weighted by molar-refractivity contribution is -0.384. The number of anilines is 1. The molecule has 0 atom stereocenters. The number of amides is 1. The van der Waals surface area contributed by atoms with Crippen LogP contribution in [0.25, 0.3) is 0 Å². The summed E-state index contributed by atoms with van der Waals surface area (Å²) in [6.45, 7) is 6.81. The van der Waals surface area contributed by atoms with Crippen LogP contribution in [0.5, 0.6) is 11.5 Å². The van der Waals surface area contributed by atoms with Crippen LogP contribution in [0.2, 0.25) is 0 Å². The molecule has 3 aromatic carbocycles. The van der Waals surface area contributed by atoms with Crippen molar-refractivity contribution in [2.24, 2.45) is 0 Å². The number of benzene rings is 3. The fraction of sp³-hybridized carbons (Fsp3) is 0.240. The summed E-state index contributed by atoms with van der Waals surface area (Å²) in [7, 11) is 0. The third-order valence-corrected chi connectivity index (χ3v) is 4.86. The molecule has 166 valence electrons. The van der Waals surface area contributed by atoms with Gasteiger partial charge in [0.25, 0.3) is 11.6 Å². The number of carbonyl (C=O) groups is 1. The average molecular weight is 434 g/mol. The second kappa shape index (κ2) is 10.4. The summed E-state index contributed by atoms with van der Waals surface area (Å²) in [5, 5.41) is 13.7. The molecule has 3 aromatic rings. The number of nitro groups is 1. The number of hydrogen-bond acceptors (Lipinski definition) is 5. The Morgan fingerprint density at radius 1 is 1.00 bits per heavy atom. The van der Waals surface area contributed by atoms with Crippen molar-refractivity contribution in [3.8, 4) is 11.5 Å². The topological polar surface area (TPSA) is 90.7 Å². The van der Waals surface area contributed by atoms with E-state index in [1.807, 2.05) is 31.2 Å². The van der Waals surface area contributed by atoms with E-state index in [2.05, 4.69) is 19.2 Å². The normalized spacial score (nSPS) is 10.6. The van der Waals surface area contributed by atoms with E-state index >= 15 is 0 Å². The van der Waals surface area contributed by atoms with E-state index in [0.29, 0.717) is 29.5 Å². The molecule has 0 saturated carbocycles. The second-order valence-corrected chi connectivity index (χ2v) is 7.50. The Kier molecular flexibility index (Phi) is 7.44. The first-order valence-electron chi connectivity index (χ1n) is 10.4. The van der Waals surface area contributed by atoms with Gasteiger partial charge in [0.05, 0.1) is 11.5 Å². The molecule has 0 aliphatic rings. The average Bonchev–Trinajstić information content (AvgIpc) is 2.78. The second-order valence-electron chi connectivity index (χ2n) is 7.50. The van der Waals surface area contributed by atoms with Crippen LogP contribution in [0.3, 0.4) is 0 Å². The molecule has 0 bridgehead atoms. The lowest BCUT2D eigenvalue weighted by atomic mass is 10.0. The molecule has 0 unspecified atom stereocenters. The Bertz CT molecular complexity index is 1110. The van der Waals surface area contributed by atoms with Crippen molar-refractivity contribution in [1.29, 1.82) is 0 Å². The van der Waals surface area contributed by atoms with Gasteiger partial charge >= 0.3 is 0 Å². The minimum Gasteiger partial charge on any atom is -0.493 e. The Morgan fingerprint density at radius 2 is 1.78 bits per heavy atom. The number of para-hydroxylation sites is 1. The van der Waals surface area contributed by atoms with Crippen LogP contribution in [0.15, 0.2) is 66.7 Å². The van der Waals surface area contributed by atoms with E-state index in [0.717, 1.165) is 16.9 Å². The molecule has 32 heavy (non-hydrogen) atoms. The molecule has 0 spiro atoms. The van der Waals surface area contributed by atoms with Crippen LogP contribution in [-0.2, 0) is 6.61 Å². The zero-order chi connectivity index (χ0) is 23.1. The SMILES string of the molecule is CCOc1ccc(C(=O)Nc2cccc([N+](=O)[O-])c2)cc1COc1ccccc1C(C)C. The van der Waals surface area contributed by atoms with Gasteiger partial charge < -0.3 is 14.8 Å². The fourth-order valence-electron chi connectivity index (χ4n) is 3.27. The highest BCUT2D eigenvalue weighted by molar-refractivity contribution is 6.04. The number of nitro benzene ring substituents is 1. The smallest absolute Gasteiger partial charge is 0.271 e. The molecule has 0 aliphatic carbocycles. The maximum Gasteiger partial charge on any atom is 0.271 e. The quantitative estimate of drug-likeness (QED) is 0.332. The molecule has 0 saturated heterocycles. The number of non-ortho nitro benzene ring substituents is 1. The maximum atomic E-state index is 12.8. The third-order valence-electron chi connectivity index (χ3n) is 4.86. The van der Waals surface area contributed by atoms with Gasteiger partial charge in [-0.3, -0.25) is 14.9 Å². The Morgan fingerprint density at radius 3 is 2.50 bits per heavy atom. The Hall–Kier alpha value is -3.87. The van der Waals surface area contributed by atoms with Crippen LogP contribution in [0.4, 0.5) is 11.4 Å². The summed E-state index contributed by atoms with van der Waals surface area (Å²) >= 11 is 0. The number of carbonyl (C=O) groups excluding carboxylic acids is 1. The van der Waals surface area contributed by atoms with Crippen LogP contribution in [0.1, 0.15) is 48.2 Å². The number of nitrogens with zero attached hydrogens (tertiary/aromatic N) is 1. The van der Waals surface area contributed by atoms with Gasteiger partial charge in [0.15, 0.2) is 0 Å². The molecule has 0 aliphatic heterocycles. The van der Waals surface area contributed by atoms with E-state index in [1.54, 1.807) is 24.3 Å². The number of rotatable bonds is 9. The van der Waals surface area contributed by atoms with Gasteiger partial charge in [-0.2, -0.15) is 0 Å². The zero-order valence-corrected chi connectivity index (χ0v) is 18.3. The monoisotopic (exact) mass is 434 g/mol. The first-order chi connectivity index (χ1) is 15.4. The molecule has 0 radical (unpaired) electrons. The first kappa shape index (κ1) is 22.8. The van der Waals surface area contributed by atoms with Crippen molar-refractivity contribution in [3.63, 3.8) is 0 Å². The molecule has 7 nitrogen and oxygen atoms in total. The standard InChI is InChI=1S/C25H26N2O5/c1-4-31-23-13-12-18(25(28)26-20-8-7-9-21(15-20)27(29)30)14-19(23)16-32-24-11-6-5-10-22(24)17(2)3/h5-15,17H,4,16H2,1-3H3,(H,26,28). The largest absolute Gasteiger partial charge is 0.493 e. The summed E-state index contributed by atoms with van der Waals surface area (Å²) in [5.74, 6) is 1.36. The molecule has 1 N–H and O–H groups in total. The van der Waals surface area contributed by atoms with Crippen molar-refractivity contribution in [2.45, 2.75) is 33.3 Å². The van der Waals surface area contributed by atoms with Gasteiger partial charge in [0.1, 0.15) is 18.1 Å². The molecular formula is C25H26N2O5. The van der Waals surface area contributed by atoms with Crippen LogP contribution < -0.4 is 14.8 Å². The van der Waals surface area contributed by atoms with Crippen molar-refractivity contribution in [3.05, 3.63) is 93.5 Å². The van der Waals surface area contributed by atoms with Crippen LogP contribution in [-0.4, -0.2) is 17.4 Å². The third kappa shape index (κ3) is 5.63. The molecular weight excluding hydrogens is 408 g/mol. The molecule has 0 aromatic heterocycles. The molecule has 0 fully saturated rings. The summed E-state index contributed by atoms with van der Waals surface area (Å²) in [4.78, 5) is 23.2. The number of ether oxygens (including phenoxy) is 2. The highest BCUT2D eigenvalue weighted by Crippen LogP contribution is 2.29.